The van der Waals surface area contributed by atoms with Gasteiger partial charge in [0.2, 0.25) is 0 Å². The number of benzene rings is 2. The van der Waals surface area contributed by atoms with Crippen LogP contribution in [0.3, 0.4) is 0 Å². The van der Waals surface area contributed by atoms with Crippen LogP contribution in [0, 0.1) is 0 Å². The Bertz CT molecular complexity index is 1070. The lowest BCUT2D eigenvalue weighted by Gasteiger charge is -2.35. The van der Waals surface area contributed by atoms with Crippen molar-refractivity contribution < 1.29 is 14.3 Å². The Morgan fingerprint density at radius 3 is 2.59 bits per heavy atom. The molecular weight excluding hydrogens is 422 g/mol. The number of hydrogen-bond acceptors (Lipinski definition) is 5. The number of carbonyl (C=O) groups is 2. The van der Waals surface area contributed by atoms with Gasteiger partial charge in [0.25, 0.3) is 0 Å². The first-order chi connectivity index (χ1) is 15.7. The van der Waals surface area contributed by atoms with Crippen LogP contribution in [-0.2, 0) is 22.6 Å². The number of hydrogen-bond donors (Lipinski definition) is 2. The van der Waals surface area contributed by atoms with Gasteiger partial charge in [-0.15, -0.1) is 11.3 Å². The number of anilines is 1. The third kappa shape index (κ3) is 5.18. The Balaban J connectivity index is 1.41. The first-order valence-corrected chi connectivity index (χ1v) is 11.7. The van der Waals surface area contributed by atoms with E-state index in [0.29, 0.717) is 24.6 Å². The van der Waals surface area contributed by atoms with E-state index in [1.807, 2.05) is 24.4 Å². The summed E-state index contributed by atoms with van der Waals surface area (Å²) in [4.78, 5) is 28.7. The molecule has 2 N–H and O–H groups in total. The van der Waals surface area contributed by atoms with Gasteiger partial charge in [-0.05, 0) is 48.1 Å². The highest BCUT2D eigenvalue weighted by Crippen LogP contribution is 2.30. The quantitative estimate of drug-likeness (QED) is 0.535. The standard InChI is InChI=1S/C25H27N3O3S/c1-2-31-22-11-6-5-10-20(22)27-25(30)24(29)26-16-21(23-12-7-15-32-23)28-14-13-18-8-3-4-9-19(18)17-28/h3-12,15,21H,2,13-14,16-17H2,1H3,(H,26,29)(H,27,30)/t21-/m1/s1. The molecule has 0 unspecified atom stereocenters. The fourth-order valence-electron chi connectivity index (χ4n) is 3.97. The van der Waals surface area contributed by atoms with E-state index in [4.69, 9.17) is 4.74 Å². The van der Waals surface area contributed by atoms with Crippen molar-refractivity contribution in [1.82, 2.24) is 10.2 Å². The average molecular weight is 450 g/mol. The van der Waals surface area contributed by atoms with E-state index >= 15 is 0 Å². The molecule has 1 aliphatic rings. The number of rotatable bonds is 7. The number of thiophene rings is 1. The van der Waals surface area contributed by atoms with Crippen LogP contribution in [0.5, 0.6) is 5.75 Å². The summed E-state index contributed by atoms with van der Waals surface area (Å²) < 4.78 is 5.52. The second-order valence-electron chi connectivity index (χ2n) is 7.61. The van der Waals surface area contributed by atoms with Crippen molar-refractivity contribution in [2.24, 2.45) is 0 Å². The van der Waals surface area contributed by atoms with Gasteiger partial charge in [0.1, 0.15) is 5.75 Å². The molecule has 166 valence electrons. The van der Waals surface area contributed by atoms with Crippen LogP contribution >= 0.6 is 11.3 Å². The highest BCUT2D eigenvalue weighted by atomic mass is 32.1. The van der Waals surface area contributed by atoms with E-state index in [1.54, 1.807) is 29.5 Å². The van der Waals surface area contributed by atoms with E-state index in [9.17, 15) is 9.59 Å². The van der Waals surface area contributed by atoms with Gasteiger partial charge in [-0.2, -0.15) is 0 Å². The topological polar surface area (TPSA) is 70.7 Å². The fraction of sp³-hybridized carbons (Fsp3) is 0.280. The van der Waals surface area contributed by atoms with Crippen molar-refractivity contribution in [1.29, 1.82) is 0 Å². The highest BCUT2D eigenvalue weighted by Gasteiger charge is 2.27. The van der Waals surface area contributed by atoms with Crippen LogP contribution in [0.1, 0.15) is 29.0 Å². The molecule has 3 aromatic rings. The molecule has 0 spiro atoms. The largest absolute Gasteiger partial charge is 0.492 e. The second-order valence-corrected chi connectivity index (χ2v) is 8.59. The van der Waals surface area contributed by atoms with Crippen molar-refractivity contribution in [3.8, 4) is 5.75 Å². The van der Waals surface area contributed by atoms with Crippen molar-refractivity contribution in [3.05, 3.63) is 82.0 Å². The van der Waals surface area contributed by atoms with Crippen molar-refractivity contribution in [3.63, 3.8) is 0 Å². The smallest absolute Gasteiger partial charge is 0.313 e. The molecule has 2 amide bonds. The van der Waals surface area contributed by atoms with Crippen molar-refractivity contribution in [2.45, 2.75) is 25.9 Å². The molecule has 32 heavy (non-hydrogen) atoms. The highest BCUT2D eigenvalue weighted by molar-refractivity contribution is 7.10. The van der Waals surface area contributed by atoms with Gasteiger partial charge in [-0.3, -0.25) is 14.5 Å². The summed E-state index contributed by atoms with van der Waals surface area (Å²) in [5.41, 5.74) is 3.18. The lowest BCUT2D eigenvalue weighted by atomic mass is 9.98. The summed E-state index contributed by atoms with van der Waals surface area (Å²) in [5.74, 6) is -0.819. The summed E-state index contributed by atoms with van der Waals surface area (Å²) in [6.07, 6.45) is 0.973. The lowest BCUT2D eigenvalue weighted by molar-refractivity contribution is -0.136. The van der Waals surface area contributed by atoms with Gasteiger partial charge in [0.15, 0.2) is 0 Å². The van der Waals surface area contributed by atoms with Crippen LogP contribution in [0.25, 0.3) is 0 Å². The van der Waals surface area contributed by atoms with E-state index < -0.39 is 11.8 Å². The summed E-state index contributed by atoms with van der Waals surface area (Å²) in [6, 6.07) is 19.7. The Labute approximate surface area is 192 Å². The Kier molecular flexibility index (Phi) is 7.19. The molecule has 0 saturated carbocycles. The number of fused-ring (bicyclic) bond motifs is 1. The third-order valence-electron chi connectivity index (χ3n) is 5.57. The van der Waals surface area contributed by atoms with Crippen LogP contribution in [0.4, 0.5) is 5.69 Å². The fourth-order valence-corrected chi connectivity index (χ4v) is 4.83. The lowest BCUT2D eigenvalue weighted by Crippen LogP contribution is -2.43. The number of para-hydroxylation sites is 2. The minimum atomic E-state index is -0.703. The molecular formula is C25H27N3O3S. The van der Waals surface area contributed by atoms with E-state index in [0.717, 1.165) is 19.5 Å². The van der Waals surface area contributed by atoms with E-state index in [-0.39, 0.29) is 6.04 Å². The molecule has 2 heterocycles. The van der Waals surface area contributed by atoms with Gasteiger partial charge >= 0.3 is 11.8 Å². The van der Waals surface area contributed by atoms with Gasteiger partial charge in [-0.25, -0.2) is 0 Å². The normalized spacial score (nSPS) is 14.3. The minimum absolute atomic E-state index is 0.0100. The van der Waals surface area contributed by atoms with Gasteiger partial charge in [0.05, 0.1) is 18.3 Å². The molecule has 1 aromatic heterocycles. The van der Waals surface area contributed by atoms with E-state index in [2.05, 4.69) is 45.9 Å². The predicted octanol–water partition coefficient (Wildman–Crippen LogP) is 4.00. The molecule has 7 heteroatoms. The Morgan fingerprint density at radius 1 is 1.03 bits per heavy atom. The van der Waals surface area contributed by atoms with Gasteiger partial charge < -0.3 is 15.4 Å². The number of nitrogens with one attached hydrogen (secondary N) is 2. The molecule has 0 saturated heterocycles. The summed E-state index contributed by atoms with van der Waals surface area (Å²) >= 11 is 1.67. The van der Waals surface area contributed by atoms with Crippen LogP contribution in [0.2, 0.25) is 0 Å². The second kappa shape index (κ2) is 10.4. The average Bonchev–Trinajstić information content (AvgIpc) is 3.35. The molecule has 2 aromatic carbocycles. The summed E-state index contributed by atoms with van der Waals surface area (Å²) in [5, 5.41) is 7.54. The van der Waals surface area contributed by atoms with Crippen molar-refractivity contribution in [2.75, 3.05) is 25.0 Å². The van der Waals surface area contributed by atoms with E-state index in [1.165, 1.54) is 16.0 Å². The van der Waals surface area contributed by atoms with Crippen molar-refractivity contribution >= 4 is 28.8 Å². The molecule has 0 aliphatic carbocycles. The zero-order chi connectivity index (χ0) is 22.3. The number of amides is 2. The SMILES string of the molecule is CCOc1ccccc1NC(=O)C(=O)NC[C@H](c1cccs1)N1CCc2ccccc2C1. The van der Waals surface area contributed by atoms with Crippen LogP contribution < -0.4 is 15.4 Å². The first-order valence-electron chi connectivity index (χ1n) is 10.8. The molecule has 1 atom stereocenters. The molecule has 0 fully saturated rings. The Hall–Kier alpha value is -3.16. The summed E-state index contributed by atoms with van der Waals surface area (Å²) in [7, 11) is 0. The maximum Gasteiger partial charge on any atom is 0.313 e. The summed E-state index contributed by atoms with van der Waals surface area (Å²) in [6.45, 7) is 4.43. The third-order valence-corrected chi connectivity index (χ3v) is 6.54. The number of ether oxygens (including phenoxy) is 1. The molecule has 6 nitrogen and oxygen atoms in total. The van der Waals surface area contributed by atoms with Gasteiger partial charge in [0, 0.05) is 24.5 Å². The molecule has 0 bridgehead atoms. The first kappa shape index (κ1) is 22.0. The monoisotopic (exact) mass is 449 g/mol. The number of nitrogens with zero attached hydrogens (tertiary/aromatic N) is 1. The minimum Gasteiger partial charge on any atom is -0.492 e. The zero-order valence-corrected chi connectivity index (χ0v) is 18.9. The predicted molar refractivity (Wildman–Crippen MR) is 127 cm³/mol. The Morgan fingerprint density at radius 2 is 1.81 bits per heavy atom. The molecule has 0 radical (unpaired) electrons. The van der Waals surface area contributed by atoms with Crippen LogP contribution in [0.15, 0.2) is 66.0 Å². The maximum atomic E-state index is 12.6. The zero-order valence-electron chi connectivity index (χ0n) is 18.0. The molecule has 4 rings (SSSR count). The molecule has 1 aliphatic heterocycles. The maximum absolute atomic E-state index is 12.6. The van der Waals surface area contributed by atoms with Gasteiger partial charge in [-0.1, -0.05) is 42.5 Å². The van der Waals surface area contributed by atoms with Crippen LogP contribution in [-0.4, -0.2) is 36.4 Å². The number of carbonyl (C=O) groups excluding carboxylic acids is 2.